The Morgan fingerprint density at radius 3 is 2.36 bits per heavy atom. The van der Waals surface area contributed by atoms with Gasteiger partial charge in [-0.15, -0.1) is 0 Å². The van der Waals surface area contributed by atoms with Crippen molar-refractivity contribution in [3.63, 3.8) is 0 Å². The Balaban J connectivity index is 1.68. The van der Waals surface area contributed by atoms with E-state index in [1.165, 1.54) is 17.0 Å². The summed E-state index contributed by atoms with van der Waals surface area (Å²) in [5, 5.41) is 4.25. The Morgan fingerprint density at radius 2 is 1.67 bits per heavy atom. The van der Waals surface area contributed by atoms with E-state index in [1.807, 2.05) is 36.5 Å². The second kappa shape index (κ2) is 9.05. The van der Waals surface area contributed by atoms with Crippen LogP contribution in [0.2, 0.25) is 0 Å². The van der Waals surface area contributed by atoms with E-state index in [0.717, 1.165) is 26.0 Å². The number of pyridine rings is 1. The first-order valence-corrected chi connectivity index (χ1v) is 12.6. The minimum atomic E-state index is -0.0705. The van der Waals surface area contributed by atoms with Crippen LogP contribution in [-0.2, 0) is 0 Å². The standard InChI is InChI=1S/C26H22Br2N4S/c1-16-14-22(17(2)31(16)21-7-5-6-19(28)15-21)25-24(23-8-3-4-13-29-23)30-26(33)32(25)20-11-9-18(27)10-12-20/h3-15,24-25H,1-2H3,(H,30,33)/t24-,25+/m0/s1. The minimum Gasteiger partial charge on any atom is -0.351 e. The molecule has 0 spiro atoms. The van der Waals surface area contributed by atoms with Crippen LogP contribution >= 0.6 is 44.1 Å². The molecule has 1 aliphatic heterocycles. The lowest BCUT2D eigenvalue weighted by Gasteiger charge is -2.28. The number of thiocarbonyl (C=S) groups is 1. The fourth-order valence-electron chi connectivity index (χ4n) is 4.65. The first-order chi connectivity index (χ1) is 15.9. The predicted molar refractivity (Wildman–Crippen MR) is 145 cm³/mol. The zero-order valence-corrected chi connectivity index (χ0v) is 22.2. The van der Waals surface area contributed by atoms with Crippen LogP contribution in [0.5, 0.6) is 0 Å². The summed E-state index contributed by atoms with van der Waals surface area (Å²) in [6.07, 6.45) is 1.84. The van der Waals surface area contributed by atoms with Crippen LogP contribution in [0.25, 0.3) is 5.69 Å². The highest BCUT2D eigenvalue weighted by atomic mass is 79.9. The van der Waals surface area contributed by atoms with Crippen molar-refractivity contribution in [2.45, 2.75) is 25.9 Å². The summed E-state index contributed by atoms with van der Waals surface area (Å²) in [7, 11) is 0. The Hall–Kier alpha value is -2.48. The first-order valence-electron chi connectivity index (χ1n) is 10.6. The molecule has 1 fully saturated rings. The Kier molecular flexibility index (Phi) is 6.12. The fourth-order valence-corrected chi connectivity index (χ4v) is 5.65. The van der Waals surface area contributed by atoms with Gasteiger partial charge in [-0.3, -0.25) is 4.98 Å². The molecule has 166 valence electrons. The van der Waals surface area contributed by atoms with Crippen LogP contribution in [0, 0.1) is 13.8 Å². The number of hydrogen-bond donors (Lipinski definition) is 1. The number of halogens is 2. The normalized spacial score (nSPS) is 17.9. The molecule has 33 heavy (non-hydrogen) atoms. The van der Waals surface area contributed by atoms with Crippen molar-refractivity contribution in [1.82, 2.24) is 14.9 Å². The number of nitrogens with zero attached hydrogens (tertiary/aromatic N) is 3. The lowest BCUT2D eigenvalue weighted by molar-refractivity contribution is 0.565. The number of benzene rings is 2. The maximum absolute atomic E-state index is 5.87. The van der Waals surface area contributed by atoms with Crippen molar-refractivity contribution in [1.29, 1.82) is 0 Å². The quantitative estimate of drug-likeness (QED) is 0.259. The van der Waals surface area contributed by atoms with E-state index in [-0.39, 0.29) is 12.1 Å². The Labute approximate surface area is 215 Å². The van der Waals surface area contributed by atoms with Crippen molar-refractivity contribution in [3.05, 3.63) is 111 Å². The van der Waals surface area contributed by atoms with E-state index in [0.29, 0.717) is 5.11 Å². The molecule has 0 unspecified atom stereocenters. The van der Waals surface area contributed by atoms with Crippen LogP contribution in [0.3, 0.4) is 0 Å². The molecule has 0 amide bonds. The van der Waals surface area contributed by atoms with Gasteiger partial charge < -0.3 is 14.8 Å². The highest BCUT2D eigenvalue weighted by molar-refractivity contribution is 9.10. The zero-order valence-electron chi connectivity index (χ0n) is 18.2. The highest BCUT2D eigenvalue weighted by Crippen LogP contribution is 2.44. The van der Waals surface area contributed by atoms with Crippen LogP contribution in [-0.4, -0.2) is 14.7 Å². The molecular formula is C26H22Br2N4S. The summed E-state index contributed by atoms with van der Waals surface area (Å²) >= 11 is 13.0. The molecule has 2 aromatic carbocycles. The van der Waals surface area contributed by atoms with Crippen LogP contribution in [0.4, 0.5) is 5.69 Å². The molecule has 5 rings (SSSR count). The van der Waals surface area contributed by atoms with E-state index in [2.05, 4.69) is 108 Å². The van der Waals surface area contributed by atoms with E-state index in [9.17, 15) is 0 Å². The second-order valence-corrected chi connectivity index (χ2v) is 10.3. The predicted octanol–water partition coefficient (Wildman–Crippen LogP) is 7.19. The molecule has 1 saturated heterocycles. The SMILES string of the molecule is Cc1cc([C@@H]2[C@H](c3ccccn3)NC(=S)N2c2ccc(Br)cc2)c(C)n1-c1cccc(Br)c1. The van der Waals surface area contributed by atoms with Gasteiger partial charge in [0.25, 0.3) is 0 Å². The summed E-state index contributed by atoms with van der Waals surface area (Å²) in [4.78, 5) is 6.89. The average Bonchev–Trinajstić information content (AvgIpc) is 3.30. The molecule has 0 aliphatic carbocycles. The molecule has 4 aromatic rings. The lowest BCUT2D eigenvalue weighted by Crippen LogP contribution is -2.29. The summed E-state index contributed by atoms with van der Waals surface area (Å²) in [5.74, 6) is 0. The number of hydrogen-bond acceptors (Lipinski definition) is 2. The molecule has 4 nitrogen and oxygen atoms in total. The van der Waals surface area contributed by atoms with Gasteiger partial charge in [0.1, 0.15) is 0 Å². The number of nitrogens with one attached hydrogen (secondary N) is 1. The van der Waals surface area contributed by atoms with Gasteiger partial charge in [0.15, 0.2) is 5.11 Å². The van der Waals surface area contributed by atoms with Gasteiger partial charge in [-0.05, 0) is 92.3 Å². The summed E-state index contributed by atoms with van der Waals surface area (Å²) in [5.41, 5.74) is 6.73. The molecule has 0 bridgehead atoms. The van der Waals surface area contributed by atoms with E-state index in [1.54, 1.807) is 0 Å². The first kappa shape index (κ1) is 22.3. The van der Waals surface area contributed by atoms with Gasteiger partial charge in [-0.2, -0.15) is 0 Å². The van der Waals surface area contributed by atoms with Crippen LogP contribution in [0.15, 0.2) is 87.9 Å². The molecular weight excluding hydrogens is 560 g/mol. The fraction of sp³-hybridized carbons (Fsp3) is 0.154. The third-order valence-corrected chi connectivity index (χ3v) is 7.39. The number of anilines is 1. The van der Waals surface area contributed by atoms with Gasteiger partial charge in [-0.1, -0.05) is 44.0 Å². The topological polar surface area (TPSA) is 33.1 Å². The summed E-state index contributed by atoms with van der Waals surface area (Å²) < 4.78 is 4.40. The maximum atomic E-state index is 5.87. The third kappa shape index (κ3) is 4.14. The van der Waals surface area contributed by atoms with Crippen molar-refractivity contribution >= 4 is 54.9 Å². The highest BCUT2D eigenvalue weighted by Gasteiger charge is 2.42. The van der Waals surface area contributed by atoms with Crippen molar-refractivity contribution in [2.24, 2.45) is 0 Å². The monoisotopic (exact) mass is 580 g/mol. The summed E-state index contributed by atoms with van der Waals surface area (Å²) in [6, 6.07) is 24.9. The lowest BCUT2D eigenvalue weighted by atomic mass is 9.96. The number of rotatable bonds is 4. The van der Waals surface area contributed by atoms with Gasteiger partial charge >= 0.3 is 0 Å². The van der Waals surface area contributed by atoms with Crippen LogP contribution < -0.4 is 10.2 Å². The van der Waals surface area contributed by atoms with E-state index >= 15 is 0 Å². The van der Waals surface area contributed by atoms with Gasteiger partial charge in [0, 0.05) is 37.9 Å². The minimum absolute atomic E-state index is 0.0410. The van der Waals surface area contributed by atoms with Crippen molar-refractivity contribution in [3.8, 4) is 5.69 Å². The molecule has 2 atom stereocenters. The van der Waals surface area contributed by atoms with Crippen molar-refractivity contribution < 1.29 is 0 Å². The van der Waals surface area contributed by atoms with Gasteiger partial charge in [0.05, 0.1) is 17.8 Å². The molecule has 0 saturated carbocycles. The van der Waals surface area contributed by atoms with E-state index in [4.69, 9.17) is 12.2 Å². The molecule has 7 heteroatoms. The Morgan fingerprint density at radius 1 is 0.879 bits per heavy atom. The van der Waals surface area contributed by atoms with Crippen molar-refractivity contribution in [2.75, 3.05) is 4.90 Å². The molecule has 1 N–H and O–H groups in total. The smallest absolute Gasteiger partial charge is 0.174 e. The van der Waals surface area contributed by atoms with Gasteiger partial charge in [-0.25, -0.2) is 0 Å². The zero-order chi connectivity index (χ0) is 23.1. The molecule has 1 aliphatic rings. The van der Waals surface area contributed by atoms with Crippen LogP contribution in [0.1, 0.15) is 34.7 Å². The second-order valence-electron chi connectivity index (χ2n) is 8.11. The number of aromatic nitrogens is 2. The largest absolute Gasteiger partial charge is 0.351 e. The third-order valence-electron chi connectivity index (χ3n) is 6.06. The molecule has 0 radical (unpaired) electrons. The average molecular weight is 582 g/mol. The Bertz CT molecular complexity index is 1320. The number of aryl methyl sites for hydroxylation is 1. The molecule has 2 aromatic heterocycles. The summed E-state index contributed by atoms with van der Waals surface area (Å²) in [6.45, 7) is 4.33. The molecule has 3 heterocycles. The van der Waals surface area contributed by atoms with E-state index < -0.39 is 0 Å². The van der Waals surface area contributed by atoms with Gasteiger partial charge in [0.2, 0.25) is 0 Å². The maximum Gasteiger partial charge on any atom is 0.174 e.